The largest absolute Gasteiger partial charge is 0.376 e. The van der Waals surface area contributed by atoms with E-state index in [9.17, 15) is 9.59 Å². The lowest BCUT2D eigenvalue weighted by molar-refractivity contribution is -0.111. The third kappa shape index (κ3) is 5.29. The number of nitrogens with one attached hydrogen (secondary N) is 2. The van der Waals surface area contributed by atoms with Crippen LogP contribution in [0.3, 0.4) is 0 Å². The molecule has 0 bridgehead atoms. The second kappa shape index (κ2) is 8.97. The molecule has 2 amide bonds. The minimum Gasteiger partial charge on any atom is -0.376 e. The second-order valence-electron chi connectivity index (χ2n) is 6.16. The van der Waals surface area contributed by atoms with Gasteiger partial charge in [0.05, 0.1) is 6.10 Å². The molecule has 5 heteroatoms. The van der Waals surface area contributed by atoms with E-state index in [4.69, 9.17) is 4.74 Å². The van der Waals surface area contributed by atoms with E-state index in [1.165, 1.54) is 6.08 Å². The van der Waals surface area contributed by atoms with Crippen LogP contribution in [0, 0.1) is 0 Å². The number of anilines is 1. The number of hydrogen-bond acceptors (Lipinski definition) is 3. The van der Waals surface area contributed by atoms with Crippen LogP contribution < -0.4 is 10.6 Å². The molecule has 1 aliphatic heterocycles. The molecule has 1 fully saturated rings. The van der Waals surface area contributed by atoms with Crippen LogP contribution in [0.5, 0.6) is 0 Å². The summed E-state index contributed by atoms with van der Waals surface area (Å²) >= 11 is 0. The summed E-state index contributed by atoms with van der Waals surface area (Å²) in [5.74, 6) is -0.355. The van der Waals surface area contributed by atoms with Crippen molar-refractivity contribution in [1.82, 2.24) is 5.32 Å². The number of rotatable bonds is 6. The van der Waals surface area contributed by atoms with Crippen LogP contribution in [-0.4, -0.2) is 31.1 Å². The number of carbonyl (C=O) groups is 2. The van der Waals surface area contributed by atoms with Gasteiger partial charge in [0.25, 0.3) is 5.91 Å². The van der Waals surface area contributed by atoms with Crippen molar-refractivity contribution in [3.63, 3.8) is 0 Å². The Labute approximate surface area is 153 Å². The SMILES string of the molecule is O=C(/C=C/c1ccccc1)Nc1ccc(C(=O)NCC2CCCO2)cc1. The van der Waals surface area contributed by atoms with Crippen LogP contribution in [0.1, 0.15) is 28.8 Å². The van der Waals surface area contributed by atoms with E-state index in [1.807, 2.05) is 30.3 Å². The van der Waals surface area contributed by atoms with E-state index in [0.29, 0.717) is 17.8 Å². The van der Waals surface area contributed by atoms with E-state index in [0.717, 1.165) is 25.0 Å². The highest BCUT2D eigenvalue weighted by Gasteiger charge is 2.16. The van der Waals surface area contributed by atoms with Crippen molar-refractivity contribution in [2.45, 2.75) is 18.9 Å². The maximum Gasteiger partial charge on any atom is 0.251 e. The normalized spacial score (nSPS) is 16.5. The molecular weight excluding hydrogens is 328 g/mol. The highest BCUT2D eigenvalue weighted by molar-refractivity contribution is 6.02. The molecule has 2 aromatic carbocycles. The maximum absolute atomic E-state index is 12.1. The molecule has 1 aliphatic rings. The zero-order valence-corrected chi connectivity index (χ0v) is 14.5. The lowest BCUT2D eigenvalue weighted by atomic mass is 10.1. The van der Waals surface area contributed by atoms with Crippen LogP contribution in [-0.2, 0) is 9.53 Å². The summed E-state index contributed by atoms with van der Waals surface area (Å²) in [5, 5.41) is 5.65. The lowest BCUT2D eigenvalue weighted by Crippen LogP contribution is -2.31. The Morgan fingerprint density at radius 2 is 1.85 bits per heavy atom. The van der Waals surface area contributed by atoms with Gasteiger partial charge in [0.15, 0.2) is 0 Å². The van der Waals surface area contributed by atoms with Gasteiger partial charge in [0, 0.05) is 30.5 Å². The third-order valence-electron chi connectivity index (χ3n) is 4.16. The Morgan fingerprint density at radius 1 is 1.08 bits per heavy atom. The highest BCUT2D eigenvalue weighted by atomic mass is 16.5. The molecule has 1 unspecified atom stereocenters. The van der Waals surface area contributed by atoms with Gasteiger partial charge in [0.2, 0.25) is 5.91 Å². The Balaban J connectivity index is 1.49. The van der Waals surface area contributed by atoms with Crippen molar-refractivity contribution in [1.29, 1.82) is 0 Å². The number of ether oxygens (including phenoxy) is 1. The first-order valence-corrected chi connectivity index (χ1v) is 8.75. The second-order valence-corrected chi connectivity index (χ2v) is 6.16. The molecule has 0 radical (unpaired) electrons. The molecule has 1 atom stereocenters. The van der Waals surface area contributed by atoms with E-state index in [1.54, 1.807) is 30.3 Å². The van der Waals surface area contributed by atoms with Gasteiger partial charge in [-0.1, -0.05) is 30.3 Å². The van der Waals surface area contributed by atoms with E-state index >= 15 is 0 Å². The zero-order chi connectivity index (χ0) is 18.2. The van der Waals surface area contributed by atoms with Crippen molar-refractivity contribution < 1.29 is 14.3 Å². The molecule has 3 rings (SSSR count). The Morgan fingerprint density at radius 3 is 2.54 bits per heavy atom. The fourth-order valence-electron chi connectivity index (χ4n) is 2.74. The van der Waals surface area contributed by atoms with Gasteiger partial charge >= 0.3 is 0 Å². The molecule has 2 N–H and O–H groups in total. The first-order valence-electron chi connectivity index (χ1n) is 8.75. The van der Waals surface area contributed by atoms with Crippen molar-refractivity contribution in [2.24, 2.45) is 0 Å². The molecule has 0 aromatic heterocycles. The van der Waals surface area contributed by atoms with Gasteiger partial charge in [-0.15, -0.1) is 0 Å². The van der Waals surface area contributed by atoms with Crippen LogP contribution >= 0.6 is 0 Å². The molecule has 0 aliphatic carbocycles. The lowest BCUT2D eigenvalue weighted by Gasteiger charge is -2.11. The van der Waals surface area contributed by atoms with Gasteiger partial charge in [-0.25, -0.2) is 0 Å². The molecular formula is C21H22N2O3. The van der Waals surface area contributed by atoms with Crippen LogP contribution in [0.25, 0.3) is 6.08 Å². The Kier molecular flexibility index (Phi) is 6.17. The minimum absolute atomic E-state index is 0.119. The first-order chi connectivity index (χ1) is 12.7. The summed E-state index contributed by atoms with van der Waals surface area (Å²) in [6.07, 6.45) is 5.39. The number of hydrogen-bond donors (Lipinski definition) is 2. The monoisotopic (exact) mass is 350 g/mol. The van der Waals surface area contributed by atoms with E-state index in [2.05, 4.69) is 10.6 Å². The molecule has 0 spiro atoms. The predicted molar refractivity (Wildman–Crippen MR) is 102 cm³/mol. The van der Waals surface area contributed by atoms with Crippen molar-refractivity contribution in [3.05, 3.63) is 71.8 Å². The van der Waals surface area contributed by atoms with Gasteiger partial charge in [0.1, 0.15) is 0 Å². The van der Waals surface area contributed by atoms with Gasteiger partial charge in [-0.3, -0.25) is 9.59 Å². The molecule has 1 heterocycles. The Bertz CT molecular complexity index is 764. The minimum atomic E-state index is -0.218. The van der Waals surface area contributed by atoms with Crippen LogP contribution in [0.4, 0.5) is 5.69 Å². The first kappa shape index (κ1) is 17.9. The Hall–Kier alpha value is -2.92. The fourth-order valence-corrected chi connectivity index (χ4v) is 2.74. The van der Waals surface area contributed by atoms with Gasteiger partial charge in [-0.05, 0) is 48.7 Å². The van der Waals surface area contributed by atoms with E-state index < -0.39 is 0 Å². The fraction of sp³-hybridized carbons (Fsp3) is 0.238. The highest BCUT2D eigenvalue weighted by Crippen LogP contribution is 2.12. The number of amides is 2. The van der Waals surface area contributed by atoms with E-state index in [-0.39, 0.29) is 17.9 Å². The molecule has 26 heavy (non-hydrogen) atoms. The maximum atomic E-state index is 12.1. The molecule has 1 saturated heterocycles. The number of benzene rings is 2. The smallest absolute Gasteiger partial charge is 0.251 e. The number of carbonyl (C=O) groups excluding carboxylic acids is 2. The summed E-state index contributed by atoms with van der Waals surface area (Å²) in [5.41, 5.74) is 2.16. The zero-order valence-electron chi connectivity index (χ0n) is 14.5. The summed E-state index contributed by atoms with van der Waals surface area (Å²) in [4.78, 5) is 24.1. The summed E-state index contributed by atoms with van der Waals surface area (Å²) < 4.78 is 5.49. The molecule has 2 aromatic rings. The quantitative estimate of drug-likeness (QED) is 0.786. The average molecular weight is 350 g/mol. The van der Waals surface area contributed by atoms with Crippen LogP contribution in [0.15, 0.2) is 60.7 Å². The van der Waals surface area contributed by atoms with Crippen LogP contribution in [0.2, 0.25) is 0 Å². The third-order valence-corrected chi connectivity index (χ3v) is 4.16. The summed E-state index contributed by atoms with van der Waals surface area (Å²) in [7, 11) is 0. The summed E-state index contributed by atoms with van der Waals surface area (Å²) in [6.45, 7) is 1.30. The standard InChI is InChI=1S/C21H22N2O3/c24-20(13-8-16-5-2-1-3-6-16)23-18-11-9-17(10-12-18)21(25)22-15-19-7-4-14-26-19/h1-3,5-6,8-13,19H,4,7,14-15H2,(H,22,25)(H,23,24)/b13-8+. The van der Waals surface area contributed by atoms with Gasteiger partial charge < -0.3 is 15.4 Å². The molecule has 5 nitrogen and oxygen atoms in total. The van der Waals surface area contributed by atoms with Crippen molar-refractivity contribution in [2.75, 3.05) is 18.5 Å². The predicted octanol–water partition coefficient (Wildman–Crippen LogP) is 3.25. The van der Waals surface area contributed by atoms with Gasteiger partial charge in [-0.2, -0.15) is 0 Å². The molecule has 0 saturated carbocycles. The topological polar surface area (TPSA) is 67.4 Å². The van der Waals surface area contributed by atoms with Crippen molar-refractivity contribution >= 4 is 23.6 Å². The summed E-state index contributed by atoms with van der Waals surface area (Å²) in [6, 6.07) is 16.4. The van der Waals surface area contributed by atoms with Crippen molar-refractivity contribution in [3.8, 4) is 0 Å². The molecule has 134 valence electrons. The average Bonchev–Trinajstić information content (AvgIpc) is 3.19.